The van der Waals surface area contributed by atoms with Crippen molar-refractivity contribution < 1.29 is 19.4 Å². The van der Waals surface area contributed by atoms with Crippen molar-refractivity contribution in [2.75, 3.05) is 12.0 Å². The first-order valence-electron chi connectivity index (χ1n) is 12.7. The van der Waals surface area contributed by atoms with Crippen molar-refractivity contribution in [1.29, 1.82) is 0 Å². The fourth-order valence-corrected chi connectivity index (χ4v) is 5.25. The Morgan fingerprint density at radius 2 is 1.66 bits per heavy atom. The minimum atomic E-state index is -0.822. The second-order valence-electron chi connectivity index (χ2n) is 10.9. The van der Waals surface area contributed by atoms with E-state index in [1.807, 2.05) is 56.3 Å². The summed E-state index contributed by atoms with van der Waals surface area (Å²) in [6.07, 6.45) is 0. The first kappa shape index (κ1) is 25.3. The number of nitrogens with zero attached hydrogens (tertiary/aromatic N) is 1. The molecule has 1 aliphatic rings. The van der Waals surface area contributed by atoms with Gasteiger partial charge in [0.1, 0.15) is 11.5 Å². The van der Waals surface area contributed by atoms with Gasteiger partial charge in [-0.1, -0.05) is 51.1 Å². The molecular weight excluding hydrogens is 476 g/mol. The summed E-state index contributed by atoms with van der Waals surface area (Å²) in [7, 11) is 1.57. The Morgan fingerprint density at radius 1 is 0.974 bits per heavy atom. The second kappa shape index (κ2) is 9.21. The van der Waals surface area contributed by atoms with Crippen LogP contribution in [0.2, 0.25) is 0 Å². The molecule has 3 aromatic carbocycles. The van der Waals surface area contributed by atoms with Gasteiger partial charge in [-0.2, -0.15) is 0 Å². The van der Waals surface area contributed by atoms with Crippen LogP contribution in [0.4, 0.5) is 5.69 Å². The Bertz CT molecular complexity index is 1600. The quantitative estimate of drug-likeness (QED) is 0.182. The van der Waals surface area contributed by atoms with Gasteiger partial charge < -0.3 is 14.8 Å². The smallest absolute Gasteiger partial charge is 0.300 e. The minimum Gasteiger partial charge on any atom is -0.507 e. The zero-order valence-electron chi connectivity index (χ0n) is 22.5. The van der Waals surface area contributed by atoms with Crippen molar-refractivity contribution in [2.45, 2.75) is 46.1 Å². The van der Waals surface area contributed by atoms with Gasteiger partial charge >= 0.3 is 0 Å². The summed E-state index contributed by atoms with van der Waals surface area (Å²) in [6.45, 7) is 10.1. The van der Waals surface area contributed by atoms with Crippen LogP contribution in [0.5, 0.6) is 5.75 Å². The minimum absolute atomic E-state index is 0.0767. The Morgan fingerprint density at radius 3 is 2.32 bits per heavy atom. The van der Waals surface area contributed by atoms with Crippen LogP contribution in [0, 0.1) is 13.8 Å². The molecule has 0 aliphatic carbocycles. The molecule has 5 rings (SSSR count). The molecule has 1 fully saturated rings. The number of aromatic amines is 1. The van der Waals surface area contributed by atoms with Crippen molar-refractivity contribution in [3.63, 3.8) is 0 Å². The third-order valence-corrected chi connectivity index (χ3v) is 7.37. The van der Waals surface area contributed by atoms with E-state index >= 15 is 0 Å². The third kappa shape index (κ3) is 4.06. The summed E-state index contributed by atoms with van der Waals surface area (Å²) in [5.41, 5.74) is 5.34. The maximum atomic E-state index is 13.7. The number of aryl methyl sites for hydroxylation is 2. The summed E-state index contributed by atoms with van der Waals surface area (Å²) in [4.78, 5) is 32.3. The van der Waals surface area contributed by atoms with E-state index in [2.05, 4.69) is 25.8 Å². The number of aliphatic hydroxyl groups is 1. The highest BCUT2D eigenvalue weighted by Gasteiger charge is 2.48. The number of anilines is 1. The third-order valence-electron chi connectivity index (χ3n) is 7.37. The molecule has 1 amide bonds. The number of hydrogen-bond donors (Lipinski definition) is 2. The number of ketones is 1. The van der Waals surface area contributed by atoms with E-state index < -0.39 is 17.7 Å². The van der Waals surface area contributed by atoms with E-state index in [1.54, 1.807) is 31.4 Å². The highest BCUT2D eigenvalue weighted by molar-refractivity contribution is 6.52. The molecular formula is C32H32N2O4. The molecule has 6 nitrogen and oxygen atoms in total. The van der Waals surface area contributed by atoms with E-state index in [1.165, 1.54) is 4.90 Å². The Hall–Kier alpha value is -4.32. The predicted molar refractivity (Wildman–Crippen MR) is 151 cm³/mol. The van der Waals surface area contributed by atoms with Crippen LogP contribution in [0.15, 0.2) is 72.3 Å². The first-order chi connectivity index (χ1) is 18.0. The van der Waals surface area contributed by atoms with E-state index in [-0.39, 0.29) is 16.7 Å². The van der Waals surface area contributed by atoms with Gasteiger partial charge in [-0.3, -0.25) is 14.5 Å². The van der Waals surface area contributed by atoms with Crippen molar-refractivity contribution in [3.8, 4) is 5.75 Å². The number of hydrogen-bond acceptors (Lipinski definition) is 4. The molecule has 194 valence electrons. The average Bonchev–Trinajstić information content (AvgIpc) is 3.35. The number of H-pyrrole nitrogens is 1. The Balaban J connectivity index is 1.81. The number of Topliss-reactive ketones (excluding diaryl/α,β-unsaturated/α-hetero) is 1. The number of aliphatic hydroxyl groups excluding tert-OH is 1. The van der Waals surface area contributed by atoms with Gasteiger partial charge in [0.15, 0.2) is 0 Å². The summed E-state index contributed by atoms with van der Waals surface area (Å²) < 4.78 is 5.30. The number of carbonyl (C=O) groups is 2. The van der Waals surface area contributed by atoms with E-state index in [9.17, 15) is 14.7 Å². The van der Waals surface area contributed by atoms with Crippen LogP contribution in [0.25, 0.3) is 16.7 Å². The molecule has 1 saturated heterocycles. The standard InChI is InChI=1S/C32H32N2O4/c1-18-11-12-20(32(3,4)5)17-24(18)29(35)27-28(26-19(2)33-25-10-8-7-9-23(25)26)34(31(37)30(27)36)21-13-15-22(38-6)16-14-21/h7-17,28,33,35H,1-6H3/b29-27+. The Kier molecular flexibility index (Phi) is 6.14. The van der Waals surface area contributed by atoms with Crippen molar-refractivity contribution in [1.82, 2.24) is 4.98 Å². The van der Waals surface area contributed by atoms with Crippen molar-refractivity contribution in [2.24, 2.45) is 0 Å². The number of carbonyl (C=O) groups excluding carboxylic acids is 2. The normalized spacial score (nSPS) is 17.4. The number of rotatable bonds is 4. The molecule has 1 aromatic heterocycles. The SMILES string of the molecule is COc1ccc(N2C(=O)C(=O)/C(=C(/O)c3cc(C(C)(C)C)ccc3C)C2c2c(C)[nH]c3ccccc23)cc1. The molecule has 2 N–H and O–H groups in total. The van der Waals surface area contributed by atoms with Crippen LogP contribution in [0.3, 0.4) is 0 Å². The van der Waals surface area contributed by atoms with Crippen molar-refractivity contribution in [3.05, 3.63) is 100 Å². The van der Waals surface area contributed by atoms with Gasteiger partial charge in [0.25, 0.3) is 11.7 Å². The monoisotopic (exact) mass is 508 g/mol. The molecule has 0 spiro atoms. The van der Waals surface area contributed by atoms with Gasteiger partial charge in [-0.25, -0.2) is 0 Å². The zero-order chi connectivity index (χ0) is 27.4. The number of methoxy groups -OCH3 is 1. The topological polar surface area (TPSA) is 82.6 Å². The fraction of sp³-hybridized carbons (Fsp3) is 0.250. The number of fused-ring (bicyclic) bond motifs is 1. The van der Waals surface area contributed by atoms with Crippen LogP contribution in [-0.2, 0) is 15.0 Å². The van der Waals surface area contributed by atoms with Gasteiger partial charge in [0.2, 0.25) is 0 Å². The maximum Gasteiger partial charge on any atom is 0.300 e. The summed E-state index contributed by atoms with van der Waals surface area (Å²) in [5.74, 6) is -0.929. The van der Waals surface area contributed by atoms with Crippen LogP contribution in [-0.4, -0.2) is 28.9 Å². The molecule has 2 heterocycles. The number of benzene rings is 3. The summed E-state index contributed by atoms with van der Waals surface area (Å²) in [5, 5.41) is 12.7. The fourth-order valence-electron chi connectivity index (χ4n) is 5.25. The summed E-state index contributed by atoms with van der Waals surface area (Å²) >= 11 is 0. The summed E-state index contributed by atoms with van der Waals surface area (Å²) in [6, 6.07) is 19.9. The lowest BCUT2D eigenvalue weighted by molar-refractivity contribution is -0.132. The van der Waals surface area contributed by atoms with Gasteiger partial charge in [-0.05, 0) is 66.8 Å². The first-order valence-corrected chi connectivity index (χ1v) is 12.7. The Labute approximate surface area is 222 Å². The second-order valence-corrected chi connectivity index (χ2v) is 10.9. The van der Waals surface area contributed by atoms with Gasteiger partial charge in [0, 0.05) is 33.4 Å². The number of ether oxygens (including phenoxy) is 1. The number of nitrogens with one attached hydrogen (secondary N) is 1. The molecule has 0 saturated carbocycles. The highest BCUT2D eigenvalue weighted by Crippen LogP contribution is 2.46. The van der Waals surface area contributed by atoms with Crippen LogP contribution < -0.4 is 9.64 Å². The lowest BCUT2D eigenvalue weighted by Crippen LogP contribution is -2.29. The van der Waals surface area contributed by atoms with Crippen LogP contribution in [0.1, 0.15) is 54.8 Å². The molecule has 1 aliphatic heterocycles. The van der Waals surface area contributed by atoms with E-state index in [0.29, 0.717) is 17.0 Å². The lowest BCUT2D eigenvalue weighted by Gasteiger charge is -2.26. The van der Waals surface area contributed by atoms with E-state index in [4.69, 9.17) is 4.74 Å². The molecule has 4 aromatic rings. The predicted octanol–water partition coefficient (Wildman–Crippen LogP) is 6.72. The molecule has 0 bridgehead atoms. The lowest BCUT2D eigenvalue weighted by atomic mass is 9.84. The van der Waals surface area contributed by atoms with Crippen LogP contribution >= 0.6 is 0 Å². The molecule has 6 heteroatoms. The average molecular weight is 509 g/mol. The molecule has 1 unspecified atom stereocenters. The zero-order valence-corrected chi connectivity index (χ0v) is 22.5. The van der Waals surface area contributed by atoms with Gasteiger partial charge in [-0.15, -0.1) is 0 Å². The molecule has 38 heavy (non-hydrogen) atoms. The highest BCUT2D eigenvalue weighted by atomic mass is 16.5. The number of para-hydroxylation sites is 1. The number of aromatic nitrogens is 1. The van der Waals surface area contributed by atoms with E-state index in [0.717, 1.165) is 33.3 Å². The largest absolute Gasteiger partial charge is 0.507 e. The molecule has 0 radical (unpaired) electrons. The maximum absolute atomic E-state index is 13.7. The molecule has 1 atom stereocenters. The van der Waals surface area contributed by atoms with Crippen molar-refractivity contribution >= 4 is 34.0 Å². The van der Waals surface area contributed by atoms with Gasteiger partial charge in [0.05, 0.1) is 18.7 Å². The number of amides is 1.